The van der Waals surface area contributed by atoms with Gasteiger partial charge in [0.2, 0.25) is 0 Å². The number of allylic oxidation sites excluding steroid dienone is 1. The van der Waals surface area contributed by atoms with E-state index >= 15 is 0 Å². The fourth-order valence-corrected chi connectivity index (χ4v) is 2.02. The highest BCUT2D eigenvalue weighted by molar-refractivity contribution is 5.86. The summed E-state index contributed by atoms with van der Waals surface area (Å²) < 4.78 is 46.4. The molecule has 0 unspecified atom stereocenters. The fourth-order valence-electron chi connectivity index (χ4n) is 2.02. The zero-order chi connectivity index (χ0) is 14.2. The van der Waals surface area contributed by atoms with Gasteiger partial charge < -0.3 is 9.47 Å². The molecular weight excluding hydrogens is 261 g/mol. The van der Waals surface area contributed by atoms with Gasteiger partial charge in [-0.15, -0.1) is 0 Å². The third-order valence-corrected chi connectivity index (χ3v) is 2.83. The molecule has 6 heteroatoms. The van der Waals surface area contributed by atoms with Gasteiger partial charge in [-0.3, -0.25) is 0 Å². The zero-order valence-corrected chi connectivity index (χ0v) is 10.3. The van der Waals surface area contributed by atoms with Gasteiger partial charge in [-0.2, -0.15) is 13.2 Å². The lowest BCUT2D eigenvalue weighted by molar-refractivity contribution is -0.192. The van der Waals surface area contributed by atoms with Crippen LogP contribution in [0.2, 0.25) is 0 Å². The van der Waals surface area contributed by atoms with E-state index in [0.29, 0.717) is 23.3 Å². The minimum absolute atomic E-state index is 0.0604. The molecule has 0 aliphatic heterocycles. The lowest BCUT2D eigenvalue weighted by atomic mass is 10.1. The summed E-state index contributed by atoms with van der Waals surface area (Å²) in [6, 6.07) is 5.11. The Morgan fingerprint density at radius 1 is 1.32 bits per heavy atom. The number of carbonyl (C=O) groups excluding carboxylic acids is 1. The Labute approximate surface area is 107 Å². The molecule has 3 nitrogen and oxygen atoms in total. The normalized spacial score (nSPS) is 14.4. The van der Waals surface area contributed by atoms with E-state index < -0.39 is 12.1 Å². The molecule has 0 heterocycles. The largest absolute Gasteiger partial charge is 0.496 e. The van der Waals surface area contributed by atoms with E-state index in [4.69, 9.17) is 4.74 Å². The molecule has 0 amide bonds. The van der Waals surface area contributed by atoms with E-state index in [1.807, 2.05) is 0 Å². The maximum Gasteiger partial charge on any atom is 0.491 e. The number of rotatable bonds is 2. The smallest absolute Gasteiger partial charge is 0.491 e. The molecule has 0 N–H and O–H groups in total. The first-order chi connectivity index (χ1) is 8.84. The summed E-state index contributed by atoms with van der Waals surface area (Å²) in [7, 11) is 1.41. The van der Waals surface area contributed by atoms with Crippen molar-refractivity contribution in [1.82, 2.24) is 0 Å². The van der Waals surface area contributed by atoms with Gasteiger partial charge in [0.1, 0.15) is 11.5 Å². The van der Waals surface area contributed by atoms with Crippen molar-refractivity contribution >= 4 is 11.7 Å². The molecule has 0 atom stereocenters. The van der Waals surface area contributed by atoms with Crippen LogP contribution in [0.25, 0.3) is 5.76 Å². The third-order valence-electron chi connectivity index (χ3n) is 2.83. The number of carbonyl (C=O) groups is 1. The number of hydrogen-bond acceptors (Lipinski definition) is 3. The van der Waals surface area contributed by atoms with Crippen molar-refractivity contribution in [2.24, 2.45) is 0 Å². The molecule has 1 aromatic carbocycles. The van der Waals surface area contributed by atoms with Crippen molar-refractivity contribution in [2.45, 2.75) is 19.5 Å². The number of esters is 1. The first-order valence-electron chi connectivity index (χ1n) is 5.49. The van der Waals surface area contributed by atoms with Crippen LogP contribution in [0.15, 0.2) is 23.8 Å². The quantitative estimate of drug-likeness (QED) is 0.776. The molecule has 19 heavy (non-hydrogen) atoms. The highest BCUT2D eigenvalue weighted by atomic mass is 19.4. The van der Waals surface area contributed by atoms with E-state index in [2.05, 4.69) is 4.74 Å². The molecule has 1 aliphatic carbocycles. The van der Waals surface area contributed by atoms with Crippen molar-refractivity contribution in [2.75, 3.05) is 7.11 Å². The summed E-state index contributed by atoms with van der Waals surface area (Å²) in [4.78, 5) is 11.0. The number of ether oxygens (including phenoxy) is 2. The standard InChI is InChI=1S/C13H11F3O3/c1-7-6-8-4-3-5-9(18-2)10(8)11(7)19-12(17)13(14,15)16/h3-5H,6H2,1-2H3. The van der Waals surface area contributed by atoms with Gasteiger partial charge in [0, 0.05) is 0 Å². The van der Waals surface area contributed by atoms with E-state index in [1.54, 1.807) is 25.1 Å². The summed E-state index contributed by atoms with van der Waals surface area (Å²) in [6.45, 7) is 1.62. The van der Waals surface area contributed by atoms with Crippen molar-refractivity contribution in [3.8, 4) is 5.75 Å². The predicted molar refractivity (Wildman–Crippen MR) is 61.4 cm³/mol. The molecule has 1 aromatic rings. The molecule has 102 valence electrons. The van der Waals surface area contributed by atoms with Crippen molar-refractivity contribution in [3.05, 3.63) is 34.9 Å². The average Bonchev–Trinajstić information content (AvgIpc) is 2.64. The number of fused-ring (bicyclic) bond motifs is 1. The van der Waals surface area contributed by atoms with Crippen LogP contribution in [-0.4, -0.2) is 19.3 Å². The minimum atomic E-state index is -5.02. The first kappa shape index (κ1) is 13.5. The molecule has 0 spiro atoms. The second-order valence-electron chi connectivity index (χ2n) is 4.17. The number of methoxy groups -OCH3 is 1. The topological polar surface area (TPSA) is 35.5 Å². The maximum absolute atomic E-state index is 12.3. The van der Waals surface area contributed by atoms with E-state index in [-0.39, 0.29) is 5.76 Å². The molecule has 1 aliphatic rings. The molecule has 2 rings (SSSR count). The second kappa shape index (κ2) is 4.60. The van der Waals surface area contributed by atoms with Gasteiger partial charge >= 0.3 is 12.1 Å². The Morgan fingerprint density at radius 3 is 2.58 bits per heavy atom. The highest BCUT2D eigenvalue weighted by Gasteiger charge is 2.43. The highest BCUT2D eigenvalue weighted by Crippen LogP contribution is 2.40. The lowest BCUT2D eigenvalue weighted by Crippen LogP contribution is -2.24. The SMILES string of the molecule is COc1cccc2c1C(OC(=O)C(F)(F)F)=C(C)C2. The van der Waals surface area contributed by atoms with Gasteiger partial charge in [0.25, 0.3) is 0 Å². The zero-order valence-electron chi connectivity index (χ0n) is 10.3. The Balaban J connectivity index is 2.39. The van der Waals surface area contributed by atoms with Gasteiger partial charge in [-0.25, -0.2) is 4.79 Å². The number of halogens is 3. The average molecular weight is 272 g/mol. The van der Waals surface area contributed by atoms with Crippen LogP contribution >= 0.6 is 0 Å². The van der Waals surface area contributed by atoms with E-state index in [9.17, 15) is 18.0 Å². The van der Waals surface area contributed by atoms with Crippen LogP contribution in [-0.2, 0) is 16.0 Å². The van der Waals surface area contributed by atoms with Crippen molar-refractivity contribution in [1.29, 1.82) is 0 Å². The summed E-state index contributed by atoms with van der Waals surface area (Å²) in [5, 5.41) is 0. The Morgan fingerprint density at radius 2 is 2.00 bits per heavy atom. The number of alkyl halides is 3. The molecule has 0 saturated heterocycles. The summed E-state index contributed by atoms with van der Waals surface area (Å²) >= 11 is 0. The second-order valence-corrected chi connectivity index (χ2v) is 4.17. The van der Waals surface area contributed by atoms with Crippen LogP contribution in [0, 0.1) is 0 Å². The first-order valence-corrected chi connectivity index (χ1v) is 5.49. The molecule has 0 saturated carbocycles. The molecule has 0 aromatic heterocycles. The number of hydrogen-bond donors (Lipinski definition) is 0. The summed E-state index contributed by atoms with van der Waals surface area (Å²) in [5.41, 5.74) is 1.76. The van der Waals surface area contributed by atoms with Crippen LogP contribution in [0.3, 0.4) is 0 Å². The van der Waals surface area contributed by atoms with Crippen molar-refractivity contribution < 1.29 is 27.4 Å². The van der Waals surface area contributed by atoms with Crippen molar-refractivity contribution in [3.63, 3.8) is 0 Å². The van der Waals surface area contributed by atoms with Crippen LogP contribution in [0.5, 0.6) is 5.75 Å². The molecule has 0 fully saturated rings. The summed E-state index contributed by atoms with van der Waals surface area (Å²) in [6.07, 6.45) is -4.58. The van der Waals surface area contributed by atoms with Gasteiger partial charge in [0.05, 0.1) is 12.7 Å². The third kappa shape index (κ3) is 2.43. The minimum Gasteiger partial charge on any atom is -0.496 e. The fraction of sp³-hybridized carbons (Fsp3) is 0.308. The van der Waals surface area contributed by atoms with Crippen LogP contribution in [0.4, 0.5) is 13.2 Å². The van der Waals surface area contributed by atoms with Crippen LogP contribution in [0.1, 0.15) is 18.1 Å². The lowest BCUT2D eigenvalue weighted by Gasteiger charge is -2.12. The van der Waals surface area contributed by atoms with Gasteiger partial charge in [-0.05, 0) is 30.5 Å². The predicted octanol–water partition coefficient (Wildman–Crippen LogP) is 3.09. The Bertz CT molecular complexity index is 559. The van der Waals surface area contributed by atoms with Gasteiger partial charge in [0.15, 0.2) is 0 Å². The number of benzene rings is 1. The molecule has 0 radical (unpaired) electrons. The van der Waals surface area contributed by atoms with Crippen LogP contribution < -0.4 is 4.74 Å². The van der Waals surface area contributed by atoms with E-state index in [0.717, 1.165) is 5.56 Å². The summed E-state index contributed by atoms with van der Waals surface area (Å²) in [5.74, 6) is -1.89. The monoisotopic (exact) mass is 272 g/mol. The van der Waals surface area contributed by atoms with E-state index in [1.165, 1.54) is 7.11 Å². The Kier molecular flexibility index (Phi) is 3.26. The molecular formula is C13H11F3O3. The molecule has 0 bridgehead atoms. The maximum atomic E-state index is 12.3. The Hall–Kier alpha value is -1.98. The van der Waals surface area contributed by atoms with Gasteiger partial charge in [-0.1, -0.05) is 12.1 Å².